The average Bonchev–Trinajstić information content (AvgIpc) is 2.44. The van der Waals surface area contributed by atoms with E-state index in [1.54, 1.807) is 24.3 Å². The lowest BCUT2D eigenvalue weighted by atomic mass is 9.94. The van der Waals surface area contributed by atoms with Crippen LogP contribution in [0.15, 0.2) is 46.9 Å². The van der Waals surface area contributed by atoms with E-state index in [-0.39, 0.29) is 17.6 Å². The number of rotatable bonds is 5. The molecule has 0 radical (unpaired) electrons. The van der Waals surface area contributed by atoms with Gasteiger partial charge in [-0.15, -0.1) is 11.6 Å². The molecule has 0 N–H and O–H groups in total. The summed E-state index contributed by atoms with van der Waals surface area (Å²) >= 11 is 9.19. The van der Waals surface area contributed by atoms with Crippen LogP contribution in [0.4, 0.5) is 8.78 Å². The van der Waals surface area contributed by atoms with Crippen LogP contribution in [-0.2, 0) is 12.8 Å². The first-order valence-corrected chi connectivity index (χ1v) is 7.65. The number of benzene rings is 2. The first kappa shape index (κ1) is 15.5. The molecule has 106 valence electrons. The van der Waals surface area contributed by atoms with Gasteiger partial charge in [0.2, 0.25) is 0 Å². The molecule has 0 fully saturated rings. The summed E-state index contributed by atoms with van der Waals surface area (Å²) in [5.41, 5.74) is 2.09. The van der Waals surface area contributed by atoms with Gasteiger partial charge in [-0.1, -0.05) is 18.2 Å². The second kappa shape index (κ2) is 7.19. The first-order chi connectivity index (χ1) is 9.58. The second-order valence-electron chi connectivity index (χ2n) is 4.80. The van der Waals surface area contributed by atoms with Crippen molar-refractivity contribution in [3.63, 3.8) is 0 Å². The third-order valence-electron chi connectivity index (χ3n) is 3.16. The van der Waals surface area contributed by atoms with E-state index in [9.17, 15) is 8.78 Å². The zero-order valence-electron chi connectivity index (χ0n) is 10.8. The summed E-state index contributed by atoms with van der Waals surface area (Å²) in [6.45, 7) is 0. The van der Waals surface area contributed by atoms with Crippen molar-refractivity contribution in [2.45, 2.75) is 12.8 Å². The first-order valence-electron chi connectivity index (χ1n) is 6.33. The zero-order chi connectivity index (χ0) is 14.5. The van der Waals surface area contributed by atoms with Crippen LogP contribution in [0.5, 0.6) is 0 Å². The Morgan fingerprint density at radius 3 is 2.15 bits per heavy atom. The minimum absolute atomic E-state index is 0.236. The Hall–Kier alpha value is -0.930. The maximum atomic E-state index is 13.2. The van der Waals surface area contributed by atoms with E-state index in [2.05, 4.69) is 15.9 Å². The number of alkyl halides is 1. The van der Waals surface area contributed by atoms with Gasteiger partial charge in [0.1, 0.15) is 11.6 Å². The van der Waals surface area contributed by atoms with Crippen molar-refractivity contribution in [1.29, 1.82) is 0 Å². The van der Waals surface area contributed by atoms with Gasteiger partial charge in [0, 0.05) is 5.88 Å². The van der Waals surface area contributed by atoms with E-state index in [4.69, 9.17) is 11.6 Å². The molecule has 2 aromatic carbocycles. The molecular formula is C16H14BrClF2. The number of hydrogen-bond donors (Lipinski definition) is 0. The van der Waals surface area contributed by atoms with Gasteiger partial charge in [0.15, 0.2) is 0 Å². The smallest absolute Gasteiger partial charge is 0.137 e. The molecule has 0 aromatic heterocycles. The molecule has 0 aliphatic carbocycles. The molecule has 0 bridgehead atoms. The maximum absolute atomic E-state index is 13.2. The Morgan fingerprint density at radius 2 is 1.55 bits per heavy atom. The third-order valence-corrected chi connectivity index (χ3v) is 4.21. The molecule has 20 heavy (non-hydrogen) atoms. The lowest BCUT2D eigenvalue weighted by Crippen LogP contribution is -2.10. The van der Waals surface area contributed by atoms with Crippen LogP contribution in [0.3, 0.4) is 0 Å². The van der Waals surface area contributed by atoms with Gasteiger partial charge in [-0.3, -0.25) is 0 Å². The molecule has 0 spiro atoms. The van der Waals surface area contributed by atoms with E-state index in [1.807, 2.05) is 0 Å². The Kier molecular flexibility index (Phi) is 5.55. The van der Waals surface area contributed by atoms with E-state index in [0.29, 0.717) is 10.4 Å². The summed E-state index contributed by atoms with van der Waals surface area (Å²) in [5.74, 6) is 0.236. The molecule has 0 saturated heterocycles. The minimum Gasteiger partial charge on any atom is -0.207 e. The quantitative estimate of drug-likeness (QED) is 0.630. The van der Waals surface area contributed by atoms with Crippen LogP contribution in [0.25, 0.3) is 0 Å². The van der Waals surface area contributed by atoms with E-state index in [1.165, 1.54) is 18.2 Å². The lowest BCUT2D eigenvalue weighted by molar-refractivity contribution is 0.577. The molecule has 1 unspecified atom stereocenters. The summed E-state index contributed by atoms with van der Waals surface area (Å²) in [5, 5.41) is 0. The Labute approximate surface area is 130 Å². The highest BCUT2D eigenvalue weighted by atomic mass is 79.9. The molecule has 0 amide bonds. The Bertz CT molecular complexity index is 569. The highest BCUT2D eigenvalue weighted by Gasteiger charge is 2.11. The Morgan fingerprint density at radius 1 is 0.950 bits per heavy atom. The molecule has 0 aliphatic rings. The number of halogens is 4. The van der Waals surface area contributed by atoms with Crippen molar-refractivity contribution >= 4 is 27.5 Å². The van der Waals surface area contributed by atoms with Gasteiger partial charge >= 0.3 is 0 Å². The molecular weight excluding hydrogens is 346 g/mol. The lowest BCUT2D eigenvalue weighted by Gasteiger charge is -2.14. The molecule has 0 heterocycles. The molecule has 1 atom stereocenters. The van der Waals surface area contributed by atoms with Gasteiger partial charge in [-0.2, -0.15) is 0 Å². The van der Waals surface area contributed by atoms with E-state index >= 15 is 0 Å². The molecule has 4 heteroatoms. The largest absolute Gasteiger partial charge is 0.207 e. The van der Waals surface area contributed by atoms with Gasteiger partial charge in [-0.25, -0.2) is 8.78 Å². The second-order valence-corrected chi connectivity index (χ2v) is 5.97. The normalized spacial score (nSPS) is 12.4. The summed E-state index contributed by atoms with van der Waals surface area (Å²) in [7, 11) is 0. The number of hydrogen-bond acceptors (Lipinski definition) is 0. The van der Waals surface area contributed by atoms with Crippen molar-refractivity contribution in [2.24, 2.45) is 5.92 Å². The molecule has 0 saturated carbocycles. The fourth-order valence-corrected chi connectivity index (χ4v) is 2.78. The van der Waals surface area contributed by atoms with Crippen LogP contribution in [0, 0.1) is 17.6 Å². The van der Waals surface area contributed by atoms with Crippen molar-refractivity contribution in [2.75, 3.05) is 5.88 Å². The van der Waals surface area contributed by atoms with Gasteiger partial charge in [0.25, 0.3) is 0 Å². The SMILES string of the molecule is Fc1ccc(CC(CCl)Cc2ccc(F)c(Br)c2)cc1. The summed E-state index contributed by atoms with van der Waals surface area (Å²) in [6, 6.07) is 11.4. The third kappa shape index (κ3) is 4.29. The Balaban J connectivity index is 2.04. The van der Waals surface area contributed by atoms with Crippen molar-refractivity contribution in [3.05, 3.63) is 69.7 Å². The highest BCUT2D eigenvalue weighted by Crippen LogP contribution is 2.21. The van der Waals surface area contributed by atoms with Gasteiger partial charge < -0.3 is 0 Å². The predicted octanol–water partition coefficient (Wildman–Crippen LogP) is 5.37. The van der Waals surface area contributed by atoms with Gasteiger partial charge in [0.05, 0.1) is 4.47 Å². The average molecular weight is 360 g/mol. The topological polar surface area (TPSA) is 0 Å². The molecule has 0 nitrogen and oxygen atoms in total. The predicted molar refractivity (Wildman–Crippen MR) is 82.1 cm³/mol. The van der Waals surface area contributed by atoms with Crippen LogP contribution >= 0.6 is 27.5 Å². The van der Waals surface area contributed by atoms with E-state index < -0.39 is 0 Å². The van der Waals surface area contributed by atoms with Gasteiger partial charge in [-0.05, 0) is 70.1 Å². The zero-order valence-corrected chi connectivity index (χ0v) is 13.1. The summed E-state index contributed by atoms with van der Waals surface area (Å²) in [4.78, 5) is 0. The van der Waals surface area contributed by atoms with E-state index in [0.717, 1.165) is 24.0 Å². The molecule has 2 rings (SSSR count). The minimum atomic E-state index is -0.269. The highest BCUT2D eigenvalue weighted by molar-refractivity contribution is 9.10. The summed E-state index contributed by atoms with van der Waals surface area (Å²) < 4.78 is 26.5. The standard InChI is InChI=1S/C16H14BrClF2/c17-15-9-12(3-6-16(15)20)8-13(10-18)7-11-1-4-14(19)5-2-11/h1-6,9,13H,7-8,10H2. The molecule has 2 aromatic rings. The fourth-order valence-electron chi connectivity index (χ4n) is 2.14. The van der Waals surface area contributed by atoms with Crippen LogP contribution < -0.4 is 0 Å². The van der Waals surface area contributed by atoms with Crippen LogP contribution in [-0.4, -0.2) is 5.88 Å². The summed E-state index contributed by atoms with van der Waals surface area (Å²) in [6.07, 6.45) is 1.54. The monoisotopic (exact) mass is 358 g/mol. The fraction of sp³-hybridized carbons (Fsp3) is 0.250. The van der Waals surface area contributed by atoms with Crippen molar-refractivity contribution in [1.82, 2.24) is 0 Å². The van der Waals surface area contributed by atoms with Crippen molar-refractivity contribution in [3.8, 4) is 0 Å². The maximum Gasteiger partial charge on any atom is 0.137 e. The van der Waals surface area contributed by atoms with Crippen molar-refractivity contribution < 1.29 is 8.78 Å². The molecule has 0 aliphatic heterocycles. The van der Waals surface area contributed by atoms with Crippen LogP contribution in [0.1, 0.15) is 11.1 Å². The van der Waals surface area contributed by atoms with Crippen LogP contribution in [0.2, 0.25) is 0 Å².